The summed E-state index contributed by atoms with van der Waals surface area (Å²) in [7, 11) is 4.47. The minimum atomic E-state index is 0.660. The SMILES string of the molecule is CC1C=C2CC3CC(CN(C)C)(C1)CC23. The van der Waals surface area contributed by atoms with Gasteiger partial charge in [0.2, 0.25) is 0 Å². The Labute approximate surface area is 93.5 Å². The average molecular weight is 205 g/mol. The normalized spacial score (nSPS) is 47.5. The Balaban J connectivity index is 1.87. The van der Waals surface area contributed by atoms with E-state index < -0.39 is 0 Å². The van der Waals surface area contributed by atoms with E-state index in [1.807, 2.05) is 5.57 Å². The van der Waals surface area contributed by atoms with Crippen LogP contribution in [0.1, 0.15) is 32.6 Å². The highest BCUT2D eigenvalue weighted by molar-refractivity contribution is 5.27. The molecule has 0 spiro atoms. The van der Waals surface area contributed by atoms with Crippen LogP contribution in [0, 0.1) is 23.2 Å². The van der Waals surface area contributed by atoms with E-state index in [2.05, 4.69) is 32.0 Å². The maximum Gasteiger partial charge on any atom is 0.00324 e. The fourth-order valence-corrected chi connectivity index (χ4v) is 4.69. The molecule has 3 aliphatic rings. The first-order valence-electron chi connectivity index (χ1n) is 6.43. The van der Waals surface area contributed by atoms with Crippen LogP contribution in [-0.4, -0.2) is 25.5 Å². The van der Waals surface area contributed by atoms with Crippen LogP contribution in [0.4, 0.5) is 0 Å². The maximum atomic E-state index is 2.59. The zero-order chi connectivity index (χ0) is 10.6. The lowest BCUT2D eigenvalue weighted by atomic mass is 9.69. The molecular formula is C14H23N. The van der Waals surface area contributed by atoms with Gasteiger partial charge in [-0.1, -0.05) is 18.6 Å². The fourth-order valence-electron chi connectivity index (χ4n) is 4.69. The lowest BCUT2D eigenvalue weighted by molar-refractivity contribution is 0.165. The second-order valence-electron chi connectivity index (χ2n) is 6.64. The first-order chi connectivity index (χ1) is 7.08. The van der Waals surface area contributed by atoms with Gasteiger partial charge < -0.3 is 4.90 Å². The molecule has 0 aromatic heterocycles. The molecule has 15 heavy (non-hydrogen) atoms. The van der Waals surface area contributed by atoms with E-state index in [0.717, 1.165) is 17.8 Å². The van der Waals surface area contributed by atoms with Crippen molar-refractivity contribution in [2.24, 2.45) is 23.2 Å². The topological polar surface area (TPSA) is 3.24 Å². The number of hydrogen-bond acceptors (Lipinski definition) is 1. The molecule has 3 rings (SSSR count). The van der Waals surface area contributed by atoms with E-state index in [0.29, 0.717) is 5.41 Å². The molecule has 0 radical (unpaired) electrons. The van der Waals surface area contributed by atoms with Gasteiger partial charge >= 0.3 is 0 Å². The quantitative estimate of drug-likeness (QED) is 0.627. The molecule has 1 heteroatoms. The summed E-state index contributed by atoms with van der Waals surface area (Å²) in [6.07, 6.45) is 8.47. The third kappa shape index (κ3) is 1.47. The highest BCUT2D eigenvalue weighted by Crippen LogP contribution is 2.62. The Bertz CT molecular complexity index is 304. The summed E-state index contributed by atoms with van der Waals surface area (Å²) in [4.78, 5) is 2.41. The minimum absolute atomic E-state index is 0.660. The van der Waals surface area contributed by atoms with Crippen LogP contribution in [0.25, 0.3) is 0 Å². The molecule has 3 aliphatic carbocycles. The standard InChI is InChI=1S/C14H23N/c1-10-4-11-5-12-7-14(6-10,8-13(11)12)9-15(2)3/h4,10,12-13H,5-9H2,1-3H3. The van der Waals surface area contributed by atoms with Crippen molar-refractivity contribution in [1.82, 2.24) is 4.90 Å². The van der Waals surface area contributed by atoms with Gasteiger partial charge in [0.25, 0.3) is 0 Å². The Morgan fingerprint density at radius 1 is 1.33 bits per heavy atom. The molecule has 0 heterocycles. The summed E-state index contributed by atoms with van der Waals surface area (Å²) < 4.78 is 0. The molecule has 0 amide bonds. The maximum absolute atomic E-state index is 2.59. The van der Waals surface area contributed by atoms with Crippen molar-refractivity contribution >= 4 is 0 Å². The van der Waals surface area contributed by atoms with Gasteiger partial charge in [0.15, 0.2) is 0 Å². The summed E-state index contributed by atoms with van der Waals surface area (Å²) in [5.41, 5.74) is 2.47. The van der Waals surface area contributed by atoms with Crippen LogP contribution in [0.5, 0.6) is 0 Å². The second kappa shape index (κ2) is 3.10. The molecule has 2 fully saturated rings. The van der Waals surface area contributed by atoms with E-state index in [9.17, 15) is 0 Å². The predicted octanol–water partition coefficient (Wildman–Crippen LogP) is 2.93. The van der Waals surface area contributed by atoms with Crippen molar-refractivity contribution in [2.75, 3.05) is 20.6 Å². The first-order valence-corrected chi connectivity index (χ1v) is 6.43. The van der Waals surface area contributed by atoms with Crippen LogP contribution in [0.3, 0.4) is 0 Å². The molecule has 2 bridgehead atoms. The monoisotopic (exact) mass is 205 g/mol. The third-order valence-corrected chi connectivity index (χ3v) is 4.80. The fraction of sp³-hybridized carbons (Fsp3) is 0.857. The van der Waals surface area contributed by atoms with Crippen LogP contribution >= 0.6 is 0 Å². The van der Waals surface area contributed by atoms with Gasteiger partial charge in [0, 0.05) is 6.54 Å². The van der Waals surface area contributed by atoms with Gasteiger partial charge in [-0.3, -0.25) is 0 Å². The molecule has 4 unspecified atom stereocenters. The zero-order valence-corrected chi connectivity index (χ0v) is 10.3. The highest BCUT2D eigenvalue weighted by Gasteiger charge is 2.53. The van der Waals surface area contributed by atoms with Gasteiger partial charge in [-0.15, -0.1) is 0 Å². The van der Waals surface area contributed by atoms with Crippen molar-refractivity contribution in [2.45, 2.75) is 32.6 Å². The Hall–Kier alpha value is -0.300. The number of nitrogens with zero attached hydrogens (tertiary/aromatic N) is 1. The molecule has 2 saturated carbocycles. The molecule has 0 aliphatic heterocycles. The van der Waals surface area contributed by atoms with Crippen LogP contribution < -0.4 is 0 Å². The Morgan fingerprint density at radius 2 is 2.13 bits per heavy atom. The second-order valence-corrected chi connectivity index (χ2v) is 6.64. The Kier molecular flexibility index (Phi) is 2.04. The summed E-state index contributed by atoms with van der Waals surface area (Å²) in [5.74, 6) is 2.88. The minimum Gasteiger partial charge on any atom is -0.309 e. The molecule has 84 valence electrons. The zero-order valence-electron chi connectivity index (χ0n) is 10.3. The van der Waals surface area contributed by atoms with Crippen molar-refractivity contribution in [1.29, 1.82) is 0 Å². The molecule has 1 nitrogen and oxygen atoms in total. The largest absolute Gasteiger partial charge is 0.309 e. The van der Waals surface area contributed by atoms with Crippen molar-refractivity contribution in [3.05, 3.63) is 11.6 Å². The van der Waals surface area contributed by atoms with E-state index >= 15 is 0 Å². The van der Waals surface area contributed by atoms with Crippen LogP contribution in [0.2, 0.25) is 0 Å². The van der Waals surface area contributed by atoms with Gasteiger partial charge in [-0.05, 0) is 62.9 Å². The van der Waals surface area contributed by atoms with Gasteiger partial charge in [-0.2, -0.15) is 0 Å². The van der Waals surface area contributed by atoms with Gasteiger partial charge in [-0.25, -0.2) is 0 Å². The lowest BCUT2D eigenvalue weighted by Gasteiger charge is -2.37. The predicted molar refractivity (Wildman–Crippen MR) is 63.7 cm³/mol. The van der Waals surface area contributed by atoms with Crippen molar-refractivity contribution in [3.63, 3.8) is 0 Å². The summed E-state index contributed by atoms with van der Waals surface area (Å²) in [6.45, 7) is 3.73. The number of hydrogen-bond donors (Lipinski definition) is 0. The summed E-state index contributed by atoms with van der Waals surface area (Å²) in [5, 5.41) is 0. The van der Waals surface area contributed by atoms with Gasteiger partial charge in [0.1, 0.15) is 0 Å². The van der Waals surface area contributed by atoms with Crippen molar-refractivity contribution < 1.29 is 0 Å². The van der Waals surface area contributed by atoms with E-state index in [1.165, 1.54) is 32.2 Å². The molecular weight excluding hydrogens is 182 g/mol. The van der Waals surface area contributed by atoms with Crippen LogP contribution in [0.15, 0.2) is 11.6 Å². The Morgan fingerprint density at radius 3 is 2.87 bits per heavy atom. The lowest BCUT2D eigenvalue weighted by Crippen LogP contribution is -2.33. The van der Waals surface area contributed by atoms with Gasteiger partial charge in [0.05, 0.1) is 0 Å². The number of rotatable bonds is 2. The number of allylic oxidation sites excluding steroid dienone is 2. The summed E-state index contributed by atoms with van der Waals surface area (Å²) in [6, 6.07) is 0. The third-order valence-electron chi connectivity index (χ3n) is 4.80. The highest BCUT2D eigenvalue weighted by atomic mass is 15.1. The summed E-state index contributed by atoms with van der Waals surface area (Å²) >= 11 is 0. The molecule has 0 saturated heterocycles. The average Bonchev–Trinajstić information content (AvgIpc) is 2.28. The van der Waals surface area contributed by atoms with Crippen molar-refractivity contribution in [3.8, 4) is 0 Å². The van der Waals surface area contributed by atoms with E-state index in [1.54, 1.807) is 0 Å². The van der Waals surface area contributed by atoms with E-state index in [4.69, 9.17) is 0 Å². The molecule has 0 aromatic rings. The molecule has 4 atom stereocenters. The first kappa shape index (κ1) is 9.89. The molecule has 0 aromatic carbocycles. The van der Waals surface area contributed by atoms with E-state index in [-0.39, 0.29) is 0 Å². The van der Waals surface area contributed by atoms with Crippen LogP contribution in [-0.2, 0) is 0 Å². The number of fused-ring (bicyclic) bond motifs is 1. The molecule has 0 N–H and O–H groups in total. The smallest absolute Gasteiger partial charge is 0.00324 e.